The third-order valence-electron chi connectivity index (χ3n) is 5.64. The Labute approximate surface area is 163 Å². The van der Waals surface area contributed by atoms with E-state index in [1.54, 1.807) is 0 Å². The van der Waals surface area contributed by atoms with E-state index in [4.69, 9.17) is 2.74 Å². The van der Waals surface area contributed by atoms with Crippen LogP contribution in [-0.2, 0) is 24.3 Å². The van der Waals surface area contributed by atoms with Crippen molar-refractivity contribution in [2.24, 2.45) is 12.5 Å². The van der Waals surface area contributed by atoms with Gasteiger partial charge in [0.05, 0.1) is 0 Å². The maximum Gasteiger partial charge on any atom is 0.212 e. The van der Waals surface area contributed by atoms with E-state index in [0.29, 0.717) is 0 Å². The Morgan fingerprint density at radius 2 is 1.62 bits per heavy atom. The lowest BCUT2D eigenvalue weighted by molar-refractivity contribution is -0.660. The summed E-state index contributed by atoms with van der Waals surface area (Å²) in [4.78, 5) is 0. The predicted molar refractivity (Wildman–Crippen MR) is 112 cm³/mol. The molecule has 1 aliphatic rings. The fourth-order valence-corrected chi connectivity index (χ4v) is 4.79. The molecular weight excluding hydrogens is 314 g/mol. The Kier molecular flexibility index (Phi) is 3.78. The maximum atomic E-state index is 8.58. The Hall–Kier alpha value is -1.63. The summed E-state index contributed by atoms with van der Waals surface area (Å²) in [5.74, 6) is 0. The quantitative estimate of drug-likeness (QED) is 0.581. The van der Waals surface area contributed by atoms with Crippen molar-refractivity contribution in [2.75, 3.05) is 0 Å². The van der Waals surface area contributed by atoms with Gasteiger partial charge in [-0.2, -0.15) is 0 Å². The average molecular weight is 353 g/mol. The highest BCUT2D eigenvalue weighted by molar-refractivity contribution is 5.66. The van der Waals surface area contributed by atoms with Crippen LogP contribution in [0.4, 0.5) is 0 Å². The third kappa shape index (κ3) is 3.46. The van der Waals surface area contributed by atoms with Crippen LogP contribution in [0.3, 0.4) is 0 Å². The van der Waals surface area contributed by atoms with Gasteiger partial charge in [-0.05, 0) is 64.8 Å². The number of hydrogen-bond acceptors (Lipinski definition) is 0. The maximum absolute atomic E-state index is 8.58. The van der Waals surface area contributed by atoms with Gasteiger partial charge in [0.25, 0.3) is 0 Å². The van der Waals surface area contributed by atoms with Gasteiger partial charge in [0, 0.05) is 19.9 Å². The first-order valence-corrected chi connectivity index (χ1v) is 9.74. The van der Waals surface area contributed by atoms with Gasteiger partial charge in [0.1, 0.15) is 7.05 Å². The molecule has 0 bridgehead atoms. The Morgan fingerprint density at radius 1 is 1.04 bits per heavy atom. The summed E-state index contributed by atoms with van der Waals surface area (Å²) in [7, 11) is 2.03. The molecule has 0 spiro atoms. The summed E-state index contributed by atoms with van der Waals surface area (Å²) in [6.45, 7) is 17.5. The second kappa shape index (κ2) is 5.94. The highest BCUT2D eigenvalue weighted by Crippen LogP contribution is 2.50. The van der Waals surface area contributed by atoms with Crippen LogP contribution < -0.4 is 4.57 Å². The lowest BCUT2D eigenvalue weighted by Gasteiger charge is -2.22. The normalized spacial score (nSPS) is 19.7. The van der Waals surface area contributed by atoms with E-state index in [1.807, 2.05) is 40.1 Å². The number of benzene rings is 1. The molecule has 140 valence electrons. The average Bonchev–Trinajstić information content (AvgIpc) is 2.70. The highest BCUT2D eigenvalue weighted by Gasteiger charge is 2.42. The zero-order valence-electron chi connectivity index (χ0n) is 20.0. The van der Waals surface area contributed by atoms with Crippen LogP contribution in [0.5, 0.6) is 0 Å². The largest absolute Gasteiger partial charge is 0.212 e. The molecule has 0 radical (unpaired) electrons. The monoisotopic (exact) mass is 352 g/mol. The van der Waals surface area contributed by atoms with Gasteiger partial charge < -0.3 is 0 Å². The minimum absolute atomic E-state index is 0.170. The molecule has 0 unspecified atom stereocenters. The minimum atomic E-state index is -1.39. The Bertz CT molecular complexity index is 930. The molecule has 1 aromatic carbocycles. The van der Waals surface area contributed by atoms with E-state index in [2.05, 4.69) is 57.4 Å². The first-order chi connectivity index (χ1) is 12.6. The molecule has 0 amide bonds. The van der Waals surface area contributed by atoms with Crippen molar-refractivity contribution >= 4 is 0 Å². The van der Waals surface area contributed by atoms with Crippen molar-refractivity contribution in [2.45, 2.75) is 79.0 Å². The second-order valence-corrected chi connectivity index (χ2v) is 10.4. The summed E-state index contributed by atoms with van der Waals surface area (Å²) in [6, 6.07) is 8.80. The molecule has 0 aliphatic heterocycles. The molecule has 1 heterocycles. The molecule has 1 nitrogen and oxygen atoms in total. The van der Waals surface area contributed by atoms with Crippen LogP contribution in [0.25, 0.3) is 11.3 Å². The summed E-state index contributed by atoms with van der Waals surface area (Å²) in [5, 5.41) is 0. The molecule has 0 atom stereocenters. The van der Waals surface area contributed by atoms with Gasteiger partial charge in [-0.15, -0.1) is 0 Å². The van der Waals surface area contributed by atoms with Crippen LogP contribution >= 0.6 is 0 Å². The molecule has 0 saturated heterocycles. The molecular formula is C25H36N+. The topological polar surface area (TPSA) is 3.88 Å². The second-order valence-electron chi connectivity index (χ2n) is 10.4. The van der Waals surface area contributed by atoms with Gasteiger partial charge >= 0.3 is 0 Å². The summed E-state index contributed by atoms with van der Waals surface area (Å²) in [5.41, 5.74) is 7.23. The van der Waals surface area contributed by atoms with Crippen molar-refractivity contribution in [1.82, 2.24) is 0 Å². The number of aryl methyl sites for hydroxylation is 2. The van der Waals surface area contributed by atoms with E-state index >= 15 is 0 Å². The highest BCUT2D eigenvalue weighted by atomic mass is 14.9. The van der Waals surface area contributed by atoms with E-state index in [9.17, 15) is 0 Å². The Morgan fingerprint density at radius 3 is 2.15 bits per heavy atom. The fraction of sp³-hybridized carbons (Fsp3) is 0.560. The number of pyridine rings is 1. The molecule has 2 aromatic rings. The number of rotatable bonds is 2. The van der Waals surface area contributed by atoms with Gasteiger partial charge in [-0.1, -0.05) is 54.5 Å². The molecule has 1 aliphatic carbocycles. The van der Waals surface area contributed by atoms with Crippen LogP contribution in [-0.4, -0.2) is 0 Å². The number of hydrogen-bond donors (Lipinski definition) is 0. The SMILES string of the molecule is [2H]C([2H])(c1ccc(-c2cc3c(cc2C)C(C)(C)CC3(C)C)[n+](C)c1)C(C)(C)C. The summed E-state index contributed by atoms with van der Waals surface area (Å²) < 4.78 is 19.2. The summed E-state index contributed by atoms with van der Waals surface area (Å²) in [6.07, 6.45) is 1.74. The van der Waals surface area contributed by atoms with E-state index in [0.717, 1.165) is 17.7 Å². The number of nitrogens with zero attached hydrogens (tertiary/aromatic N) is 1. The van der Waals surface area contributed by atoms with Crippen molar-refractivity contribution in [3.63, 3.8) is 0 Å². The molecule has 1 heteroatoms. The van der Waals surface area contributed by atoms with Crippen LogP contribution in [0.15, 0.2) is 30.5 Å². The van der Waals surface area contributed by atoms with Crippen molar-refractivity contribution in [1.29, 1.82) is 0 Å². The fourth-order valence-electron chi connectivity index (χ4n) is 4.79. The van der Waals surface area contributed by atoms with Crippen molar-refractivity contribution in [3.05, 3.63) is 52.7 Å². The molecule has 1 aromatic heterocycles. The van der Waals surface area contributed by atoms with E-state index in [1.165, 1.54) is 22.3 Å². The smallest absolute Gasteiger partial charge is 0.201 e. The number of fused-ring (bicyclic) bond motifs is 1. The molecule has 0 saturated carbocycles. The zero-order chi connectivity index (χ0) is 21.3. The summed E-state index contributed by atoms with van der Waals surface area (Å²) >= 11 is 0. The van der Waals surface area contributed by atoms with Crippen LogP contribution in [0.1, 0.15) is 79.9 Å². The first-order valence-electron chi connectivity index (χ1n) is 10.7. The Balaban J connectivity index is 2.14. The standard InChI is InChI=1S/C25H36N/c1-17-12-20-21(25(7,8)16-24(20,5)6)13-19(17)22-11-10-18(15-26(22)9)14-23(2,3)4/h10-13,15H,14,16H2,1-9H3/q+1/i14D2. The van der Waals surface area contributed by atoms with E-state index in [-0.39, 0.29) is 10.8 Å². The molecule has 0 fully saturated rings. The molecule has 0 N–H and O–H groups in total. The zero-order valence-corrected chi connectivity index (χ0v) is 18.0. The van der Waals surface area contributed by atoms with Crippen molar-refractivity contribution in [3.8, 4) is 11.3 Å². The minimum Gasteiger partial charge on any atom is -0.201 e. The van der Waals surface area contributed by atoms with Gasteiger partial charge in [0.2, 0.25) is 5.69 Å². The van der Waals surface area contributed by atoms with Gasteiger partial charge in [-0.3, -0.25) is 0 Å². The van der Waals surface area contributed by atoms with Crippen molar-refractivity contribution < 1.29 is 7.31 Å². The van der Waals surface area contributed by atoms with Crippen LogP contribution in [0.2, 0.25) is 0 Å². The van der Waals surface area contributed by atoms with Gasteiger partial charge in [0.15, 0.2) is 6.20 Å². The molecule has 3 rings (SSSR count). The third-order valence-corrected chi connectivity index (χ3v) is 5.64. The number of aromatic nitrogens is 1. The lowest BCUT2D eigenvalue weighted by Crippen LogP contribution is -2.32. The van der Waals surface area contributed by atoms with Gasteiger partial charge in [-0.25, -0.2) is 4.57 Å². The van der Waals surface area contributed by atoms with Crippen LogP contribution in [0, 0.1) is 12.3 Å². The van der Waals surface area contributed by atoms with E-state index < -0.39 is 11.8 Å². The molecule has 26 heavy (non-hydrogen) atoms. The first kappa shape index (κ1) is 16.5. The predicted octanol–water partition coefficient (Wildman–Crippen LogP) is 6.03. The lowest BCUT2D eigenvalue weighted by atomic mass is 9.82.